The largest absolute Gasteiger partial charge is 0.495 e. The molecule has 0 saturated carbocycles. The van der Waals surface area contributed by atoms with Crippen LogP contribution in [0.2, 0.25) is 5.02 Å². The summed E-state index contributed by atoms with van der Waals surface area (Å²) in [5.41, 5.74) is 1.95. The number of carbonyl (C=O) groups is 2. The molecule has 3 rings (SSSR count). The van der Waals surface area contributed by atoms with Crippen LogP contribution in [0.25, 0.3) is 5.69 Å². The van der Waals surface area contributed by atoms with Crippen molar-refractivity contribution in [3.05, 3.63) is 59.9 Å². The summed E-state index contributed by atoms with van der Waals surface area (Å²) in [6.07, 6.45) is 3.50. The molecule has 3 aromatic rings. The number of imidazole rings is 1. The molecule has 2 aromatic carbocycles. The van der Waals surface area contributed by atoms with E-state index < -0.39 is 0 Å². The van der Waals surface area contributed by atoms with Gasteiger partial charge in [-0.25, -0.2) is 4.98 Å². The van der Waals surface area contributed by atoms with Crippen molar-refractivity contribution in [3.63, 3.8) is 0 Å². The molecule has 0 fully saturated rings. The van der Waals surface area contributed by atoms with Gasteiger partial charge in [0.1, 0.15) is 5.75 Å². The number of hydrogen-bond donors (Lipinski definition) is 2. The second-order valence-electron chi connectivity index (χ2n) is 5.99. The number of nitrogens with one attached hydrogen (secondary N) is 2. The number of aromatic nitrogens is 2. The summed E-state index contributed by atoms with van der Waals surface area (Å²) in [6.45, 7) is 1.42. The van der Waals surface area contributed by atoms with Crippen molar-refractivity contribution in [3.8, 4) is 11.4 Å². The Morgan fingerprint density at radius 3 is 2.62 bits per heavy atom. The van der Waals surface area contributed by atoms with Crippen molar-refractivity contribution in [1.29, 1.82) is 0 Å². The van der Waals surface area contributed by atoms with E-state index in [1.165, 1.54) is 25.8 Å². The second kappa shape index (κ2) is 9.49. The maximum absolute atomic E-state index is 12.5. The van der Waals surface area contributed by atoms with E-state index in [1.807, 2.05) is 22.9 Å². The van der Waals surface area contributed by atoms with Gasteiger partial charge in [0, 0.05) is 35.7 Å². The third kappa shape index (κ3) is 5.52. The number of halogens is 1. The number of thioether (sulfide) groups is 1. The molecule has 9 heteroatoms. The molecule has 0 aliphatic heterocycles. The Morgan fingerprint density at radius 1 is 1.17 bits per heavy atom. The van der Waals surface area contributed by atoms with Gasteiger partial charge in [-0.05, 0) is 42.5 Å². The Morgan fingerprint density at radius 2 is 1.93 bits per heavy atom. The third-order valence-corrected chi connectivity index (χ3v) is 5.06. The number of anilines is 2. The van der Waals surface area contributed by atoms with Crippen molar-refractivity contribution < 1.29 is 14.3 Å². The average Bonchev–Trinajstić information content (AvgIpc) is 3.15. The monoisotopic (exact) mass is 430 g/mol. The second-order valence-corrected chi connectivity index (χ2v) is 7.37. The van der Waals surface area contributed by atoms with Gasteiger partial charge in [0.2, 0.25) is 11.8 Å². The van der Waals surface area contributed by atoms with Crippen molar-refractivity contribution in [1.82, 2.24) is 9.55 Å². The minimum atomic E-state index is -0.223. The molecule has 2 N–H and O–H groups in total. The summed E-state index contributed by atoms with van der Waals surface area (Å²) in [5, 5.41) is 6.83. The lowest BCUT2D eigenvalue weighted by Gasteiger charge is -2.12. The fourth-order valence-corrected chi connectivity index (χ4v) is 3.50. The first-order chi connectivity index (χ1) is 14.0. The van der Waals surface area contributed by atoms with Crippen LogP contribution in [-0.2, 0) is 9.59 Å². The third-order valence-electron chi connectivity index (χ3n) is 3.84. The van der Waals surface area contributed by atoms with E-state index >= 15 is 0 Å². The molecule has 0 aliphatic rings. The first kappa shape index (κ1) is 20.8. The highest BCUT2D eigenvalue weighted by Crippen LogP contribution is 2.28. The summed E-state index contributed by atoms with van der Waals surface area (Å²) in [7, 11) is 1.51. The first-order valence-corrected chi connectivity index (χ1v) is 10.00. The van der Waals surface area contributed by atoms with Crippen LogP contribution in [0.4, 0.5) is 11.4 Å². The van der Waals surface area contributed by atoms with Crippen molar-refractivity contribution >= 4 is 46.6 Å². The molecular weight excluding hydrogens is 412 g/mol. The topological polar surface area (TPSA) is 85.2 Å². The molecule has 0 radical (unpaired) electrons. The summed E-state index contributed by atoms with van der Waals surface area (Å²) in [5.74, 6) is 0.231. The smallest absolute Gasteiger partial charge is 0.234 e. The van der Waals surface area contributed by atoms with Crippen LogP contribution < -0.4 is 15.4 Å². The molecular formula is C20H19ClN4O3S. The SMILES string of the molecule is COc1ccc(NC(C)=O)cc1NC(=O)CSc1nccn1-c1ccc(Cl)cc1. The molecule has 29 heavy (non-hydrogen) atoms. The molecule has 1 aromatic heterocycles. The first-order valence-electron chi connectivity index (χ1n) is 8.64. The van der Waals surface area contributed by atoms with E-state index in [2.05, 4.69) is 15.6 Å². The number of benzene rings is 2. The Balaban J connectivity index is 1.67. The van der Waals surface area contributed by atoms with Gasteiger partial charge in [0.05, 0.1) is 18.6 Å². The standard InChI is InChI=1S/C20H19ClN4O3S/c1-13(26)23-15-5-8-18(28-2)17(11-15)24-19(27)12-29-20-22-9-10-25(20)16-6-3-14(21)4-7-16/h3-11H,12H2,1-2H3,(H,23,26)(H,24,27). The highest BCUT2D eigenvalue weighted by Gasteiger charge is 2.12. The van der Waals surface area contributed by atoms with Gasteiger partial charge in [-0.1, -0.05) is 23.4 Å². The number of rotatable bonds is 7. The fraction of sp³-hybridized carbons (Fsp3) is 0.150. The van der Waals surface area contributed by atoms with Crippen molar-refractivity contribution in [2.24, 2.45) is 0 Å². The lowest BCUT2D eigenvalue weighted by Crippen LogP contribution is -2.15. The van der Waals surface area contributed by atoms with E-state index in [0.717, 1.165) is 5.69 Å². The Bertz CT molecular complexity index is 1020. The Hall–Kier alpha value is -2.97. The van der Waals surface area contributed by atoms with Gasteiger partial charge in [0.15, 0.2) is 5.16 Å². The summed E-state index contributed by atoms with van der Waals surface area (Å²) in [4.78, 5) is 28.0. The molecule has 150 valence electrons. The van der Waals surface area contributed by atoms with E-state index in [-0.39, 0.29) is 17.6 Å². The zero-order chi connectivity index (χ0) is 20.8. The van der Waals surface area contributed by atoms with Crippen LogP contribution in [-0.4, -0.2) is 34.2 Å². The van der Waals surface area contributed by atoms with Gasteiger partial charge < -0.3 is 15.4 Å². The molecule has 0 saturated heterocycles. The molecule has 0 spiro atoms. The molecule has 0 unspecified atom stereocenters. The van der Waals surface area contributed by atoms with Crippen LogP contribution in [0.5, 0.6) is 5.75 Å². The lowest BCUT2D eigenvalue weighted by atomic mass is 10.2. The number of amides is 2. The van der Waals surface area contributed by atoms with E-state index in [0.29, 0.717) is 27.3 Å². The molecule has 0 atom stereocenters. The number of carbonyl (C=O) groups excluding carboxylic acids is 2. The highest BCUT2D eigenvalue weighted by atomic mass is 35.5. The Labute approximate surface area is 177 Å². The van der Waals surface area contributed by atoms with Gasteiger partial charge in [-0.3, -0.25) is 14.2 Å². The lowest BCUT2D eigenvalue weighted by molar-refractivity contribution is -0.114. The molecule has 1 heterocycles. The predicted molar refractivity (Wildman–Crippen MR) is 115 cm³/mol. The maximum Gasteiger partial charge on any atom is 0.234 e. The minimum Gasteiger partial charge on any atom is -0.495 e. The quantitative estimate of drug-likeness (QED) is 0.548. The highest BCUT2D eigenvalue weighted by molar-refractivity contribution is 7.99. The van der Waals surface area contributed by atoms with Gasteiger partial charge in [-0.15, -0.1) is 0 Å². The van der Waals surface area contributed by atoms with E-state index in [4.69, 9.17) is 16.3 Å². The molecule has 0 aliphatic carbocycles. The van der Waals surface area contributed by atoms with Crippen molar-refractivity contribution in [2.45, 2.75) is 12.1 Å². The number of ether oxygens (including phenoxy) is 1. The van der Waals surface area contributed by atoms with Crippen LogP contribution in [0.15, 0.2) is 60.0 Å². The fourth-order valence-electron chi connectivity index (χ4n) is 2.60. The Kier molecular flexibility index (Phi) is 6.79. The number of hydrogen-bond acceptors (Lipinski definition) is 5. The molecule has 0 bridgehead atoms. The average molecular weight is 431 g/mol. The maximum atomic E-state index is 12.5. The summed E-state index contributed by atoms with van der Waals surface area (Å²) >= 11 is 7.24. The van der Waals surface area contributed by atoms with Crippen LogP contribution in [0.3, 0.4) is 0 Å². The molecule has 7 nitrogen and oxygen atoms in total. The predicted octanol–water partition coefficient (Wildman–Crippen LogP) is 4.22. The van der Waals surface area contributed by atoms with E-state index in [1.54, 1.807) is 36.5 Å². The number of methoxy groups -OCH3 is 1. The molecule has 2 amide bonds. The summed E-state index contributed by atoms with van der Waals surface area (Å²) < 4.78 is 7.16. The van der Waals surface area contributed by atoms with E-state index in [9.17, 15) is 9.59 Å². The van der Waals surface area contributed by atoms with Crippen LogP contribution >= 0.6 is 23.4 Å². The van der Waals surface area contributed by atoms with Gasteiger partial charge in [0.25, 0.3) is 0 Å². The summed E-state index contributed by atoms with van der Waals surface area (Å²) in [6, 6.07) is 12.4. The van der Waals surface area contributed by atoms with Gasteiger partial charge >= 0.3 is 0 Å². The zero-order valence-electron chi connectivity index (χ0n) is 15.8. The minimum absolute atomic E-state index is 0.151. The van der Waals surface area contributed by atoms with Gasteiger partial charge in [-0.2, -0.15) is 0 Å². The van der Waals surface area contributed by atoms with Crippen LogP contribution in [0.1, 0.15) is 6.92 Å². The van der Waals surface area contributed by atoms with Crippen molar-refractivity contribution in [2.75, 3.05) is 23.5 Å². The normalized spacial score (nSPS) is 10.4. The number of nitrogens with zero attached hydrogens (tertiary/aromatic N) is 2. The zero-order valence-corrected chi connectivity index (χ0v) is 17.4. The van der Waals surface area contributed by atoms with Crippen LogP contribution in [0, 0.1) is 0 Å².